The fourth-order valence-electron chi connectivity index (χ4n) is 3.30. The first-order valence-electron chi connectivity index (χ1n) is 10.3. The molecular formula is C21H28ClN7O2. The molecule has 1 saturated heterocycles. The molecule has 0 atom stereocenters. The van der Waals surface area contributed by atoms with Crippen molar-refractivity contribution in [2.75, 3.05) is 42.9 Å². The van der Waals surface area contributed by atoms with E-state index in [9.17, 15) is 9.59 Å². The summed E-state index contributed by atoms with van der Waals surface area (Å²) in [5.41, 5.74) is 2.41. The molecule has 31 heavy (non-hydrogen) atoms. The molecule has 0 spiro atoms. The molecule has 1 aliphatic rings. The van der Waals surface area contributed by atoms with Crippen LogP contribution in [-0.2, 0) is 16.6 Å². The lowest BCUT2D eigenvalue weighted by Gasteiger charge is -2.35. The third-order valence-corrected chi connectivity index (χ3v) is 5.17. The van der Waals surface area contributed by atoms with Gasteiger partial charge in [0.1, 0.15) is 6.54 Å². The second-order valence-electron chi connectivity index (χ2n) is 7.36. The van der Waals surface area contributed by atoms with Crippen molar-refractivity contribution in [3.63, 3.8) is 0 Å². The van der Waals surface area contributed by atoms with Gasteiger partial charge < -0.3 is 20.4 Å². The summed E-state index contributed by atoms with van der Waals surface area (Å²) in [7, 11) is 1.82. The zero-order valence-electron chi connectivity index (χ0n) is 18.1. The van der Waals surface area contributed by atoms with E-state index in [2.05, 4.69) is 20.7 Å². The minimum absolute atomic E-state index is 0.0170. The van der Waals surface area contributed by atoms with Crippen LogP contribution in [0.3, 0.4) is 0 Å². The highest BCUT2D eigenvalue weighted by atomic mass is 35.5. The van der Waals surface area contributed by atoms with E-state index < -0.39 is 0 Å². The van der Waals surface area contributed by atoms with Crippen LogP contribution < -0.4 is 15.5 Å². The lowest BCUT2D eigenvalue weighted by molar-refractivity contribution is -0.120. The number of aliphatic imine (C=N–C) groups is 1. The number of hydrogen-bond donors (Lipinski definition) is 2. The molecule has 2 N–H and O–H groups in total. The topological polar surface area (TPSA) is 94.9 Å². The van der Waals surface area contributed by atoms with Crippen LogP contribution in [0.1, 0.15) is 18.9 Å². The molecule has 0 saturated carbocycles. The SMILES string of the molecule is CCNC(=NCCC(=O)Nc1ccc(C)cc1Cl)N1CCN(c2cnn(C)c2)C(=O)C1. The predicted octanol–water partition coefficient (Wildman–Crippen LogP) is 2.02. The van der Waals surface area contributed by atoms with Gasteiger partial charge in [0.2, 0.25) is 11.8 Å². The number of hydrogen-bond acceptors (Lipinski definition) is 4. The summed E-state index contributed by atoms with van der Waals surface area (Å²) < 4.78 is 1.68. The molecular weight excluding hydrogens is 418 g/mol. The molecule has 10 heteroatoms. The van der Waals surface area contributed by atoms with Crippen molar-refractivity contribution in [2.45, 2.75) is 20.3 Å². The lowest BCUT2D eigenvalue weighted by Crippen LogP contribution is -2.55. The number of anilines is 2. The largest absolute Gasteiger partial charge is 0.357 e. The van der Waals surface area contributed by atoms with E-state index in [4.69, 9.17) is 11.6 Å². The molecule has 9 nitrogen and oxygen atoms in total. The first-order valence-corrected chi connectivity index (χ1v) is 10.6. The van der Waals surface area contributed by atoms with E-state index in [1.54, 1.807) is 27.9 Å². The van der Waals surface area contributed by atoms with Gasteiger partial charge in [-0.25, -0.2) is 0 Å². The number of carbonyl (C=O) groups is 2. The Labute approximate surface area is 187 Å². The van der Waals surface area contributed by atoms with Crippen LogP contribution in [-0.4, -0.2) is 65.2 Å². The minimum atomic E-state index is -0.164. The molecule has 2 heterocycles. The maximum absolute atomic E-state index is 12.7. The third-order valence-electron chi connectivity index (χ3n) is 4.86. The quantitative estimate of drug-likeness (QED) is 0.524. The Balaban J connectivity index is 1.56. The normalized spacial score (nSPS) is 14.7. The molecule has 0 bridgehead atoms. The van der Waals surface area contributed by atoms with Crippen molar-refractivity contribution >= 4 is 40.7 Å². The number of halogens is 1. The average molecular weight is 446 g/mol. The van der Waals surface area contributed by atoms with Crippen LogP contribution in [0, 0.1) is 6.92 Å². The van der Waals surface area contributed by atoms with Crippen molar-refractivity contribution in [2.24, 2.45) is 12.0 Å². The maximum Gasteiger partial charge on any atom is 0.246 e. The molecule has 0 aliphatic carbocycles. The molecule has 3 rings (SSSR count). The number of aromatic nitrogens is 2. The van der Waals surface area contributed by atoms with Gasteiger partial charge >= 0.3 is 0 Å². The summed E-state index contributed by atoms with van der Waals surface area (Å²) in [5, 5.41) is 10.7. The number of aryl methyl sites for hydroxylation is 2. The van der Waals surface area contributed by atoms with Gasteiger partial charge in [-0.15, -0.1) is 0 Å². The Hall–Kier alpha value is -3.07. The molecule has 0 unspecified atom stereocenters. The van der Waals surface area contributed by atoms with E-state index in [-0.39, 0.29) is 24.8 Å². The monoisotopic (exact) mass is 445 g/mol. The van der Waals surface area contributed by atoms with Gasteiger partial charge in [-0.3, -0.25) is 19.3 Å². The van der Waals surface area contributed by atoms with Crippen LogP contribution in [0.15, 0.2) is 35.6 Å². The average Bonchev–Trinajstić information content (AvgIpc) is 3.15. The first kappa shape index (κ1) is 22.6. The van der Waals surface area contributed by atoms with Crippen molar-refractivity contribution in [1.29, 1.82) is 0 Å². The Morgan fingerprint density at radius 2 is 2.13 bits per heavy atom. The van der Waals surface area contributed by atoms with Gasteiger partial charge in [0.25, 0.3) is 0 Å². The zero-order chi connectivity index (χ0) is 22.4. The van der Waals surface area contributed by atoms with Crippen molar-refractivity contribution in [3.8, 4) is 0 Å². The number of amides is 2. The fourth-order valence-corrected chi connectivity index (χ4v) is 3.58. The van der Waals surface area contributed by atoms with Gasteiger partial charge in [-0.1, -0.05) is 17.7 Å². The summed E-state index contributed by atoms with van der Waals surface area (Å²) in [4.78, 5) is 33.1. The molecule has 1 fully saturated rings. The standard InChI is InChI=1S/C21H28ClN7O2/c1-4-23-21(24-8-7-19(30)26-18-6-5-15(2)11-17(18)22)28-9-10-29(20(31)14-28)16-12-25-27(3)13-16/h5-6,11-13H,4,7-10,14H2,1-3H3,(H,23,24)(H,26,30). The number of piperazine rings is 1. The Morgan fingerprint density at radius 3 is 2.77 bits per heavy atom. The first-order chi connectivity index (χ1) is 14.9. The van der Waals surface area contributed by atoms with E-state index in [1.165, 1.54) is 0 Å². The van der Waals surface area contributed by atoms with E-state index >= 15 is 0 Å². The summed E-state index contributed by atoms with van der Waals surface area (Å²) >= 11 is 6.17. The Bertz CT molecular complexity index is 972. The zero-order valence-corrected chi connectivity index (χ0v) is 18.8. The van der Waals surface area contributed by atoms with E-state index in [0.29, 0.717) is 42.8 Å². The molecule has 1 aliphatic heterocycles. The second-order valence-corrected chi connectivity index (χ2v) is 7.76. The smallest absolute Gasteiger partial charge is 0.246 e. The molecule has 2 amide bonds. The minimum Gasteiger partial charge on any atom is -0.357 e. The highest BCUT2D eigenvalue weighted by Crippen LogP contribution is 2.22. The van der Waals surface area contributed by atoms with Crippen molar-refractivity contribution in [3.05, 3.63) is 41.2 Å². The van der Waals surface area contributed by atoms with Gasteiger partial charge in [-0.05, 0) is 31.5 Å². The van der Waals surface area contributed by atoms with Gasteiger partial charge in [0.05, 0.1) is 29.1 Å². The maximum atomic E-state index is 12.7. The predicted molar refractivity (Wildman–Crippen MR) is 123 cm³/mol. The number of guanidine groups is 1. The highest BCUT2D eigenvalue weighted by Gasteiger charge is 2.27. The van der Waals surface area contributed by atoms with Gasteiger partial charge in [-0.2, -0.15) is 5.10 Å². The van der Waals surface area contributed by atoms with Crippen molar-refractivity contribution in [1.82, 2.24) is 20.0 Å². The van der Waals surface area contributed by atoms with Gasteiger partial charge in [0.15, 0.2) is 5.96 Å². The second kappa shape index (κ2) is 10.3. The van der Waals surface area contributed by atoms with Crippen molar-refractivity contribution < 1.29 is 9.59 Å². The number of benzene rings is 1. The molecule has 2 aromatic rings. The summed E-state index contributed by atoms with van der Waals surface area (Å²) in [5.74, 6) is 0.447. The summed E-state index contributed by atoms with van der Waals surface area (Å²) in [6.07, 6.45) is 3.72. The molecule has 1 aromatic carbocycles. The number of nitrogens with one attached hydrogen (secondary N) is 2. The van der Waals surface area contributed by atoms with Crippen LogP contribution in [0.2, 0.25) is 5.02 Å². The van der Waals surface area contributed by atoms with Gasteiger partial charge in [0, 0.05) is 39.3 Å². The Kier molecular flexibility index (Phi) is 7.51. The third kappa shape index (κ3) is 5.97. The number of nitrogens with zero attached hydrogens (tertiary/aromatic N) is 5. The molecule has 0 radical (unpaired) electrons. The fraction of sp³-hybridized carbons (Fsp3) is 0.429. The van der Waals surface area contributed by atoms with E-state index in [1.807, 2.05) is 38.1 Å². The van der Waals surface area contributed by atoms with Crippen LogP contribution in [0.25, 0.3) is 0 Å². The van der Waals surface area contributed by atoms with Crippen LogP contribution in [0.5, 0.6) is 0 Å². The number of rotatable bonds is 6. The van der Waals surface area contributed by atoms with E-state index in [0.717, 1.165) is 11.3 Å². The molecule has 166 valence electrons. The summed E-state index contributed by atoms with van der Waals surface area (Å²) in [6.45, 7) is 6.27. The van der Waals surface area contributed by atoms with Crippen LogP contribution >= 0.6 is 11.6 Å². The molecule has 1 aromatic heterocycles. The number of carbonyl (C=O) groups excluding carboxylic acids is 2. The lowest BCUT2D eigenvalue weighted by atomic mass is 10.2. The summed E-state index contributed by atoms with van der Waals surface area (Å²) in [6, 6.07) is 5.49. The van der Waals surface area contributed by atoms with Crippen LogP contribution in [0.4, 0.5) is 11.4 Å². The highest BCUT2D eigenvalue weighted by molar-refractivity contribution is 6.33. The Morgan fingerprint density at radius 1 is 1.32 bits per heavy atom.